The molecule has 2 rings (SSSR count). The molecule has 1 heterocycles. The summed E-state index contributed by atoms with van der Waals surface area (Å²) in [6.07, 6.45) is 5.21. The molecule has 124 valence electrons. The molecule has 0 radical (unpaired) electrons. The fourth-order valence-corrected chi connectivity index (χ4v) is 3.02. The largest absolute Gasteiger partial charge is 0.339 e. The third kappa shape index (κ3) is 4.30. The van der Waals surface area contributed by atoms with Crippen molar-refractivity contribution in [1.82, 2.24) is 9.47 Å². The van der Waals surface area contributed by atoms with Gasteiger partial charge in [0, 0.05) is 36.5 Å². The molecule has 0 aliphatic carbocycles. The third-order valence-electron chi connectivity index (χ3n) is 3.69. The minimum absolute atomic E-state index is 0.448. The highest BCUT2D eigenvalue weighted by Crippen LogP contribution is 2.35. The molecule has 0 aliphatic rings. The summed E-state index contributed by atoms with van der Waals surface area (Å²) in [6, 6.07) is 9.79. The van der Waals surface area contributed by atoms with Crippen molar-refractivity contribution in [3.05, 3.63) is 46.2 Å². The Bertz CT molecular complexity index is 783. The van der Waals surface area contributed by atoms with E-state index in [1.54, 1.807) is 6.07 Å². The summed E-state index contributed by atoms with van der Waals surface area (Å²) in [5.74, 6) is 0. The van der Waals surface area contributed by atoms with Crippen LogP contribution in [0.15, 0.2) is 30.6 Å². The second-order valence-electron chi connectivity index (χ2n) is 5.48. The van der Waals surface area contributed by atoms with E-state index in [1.165, 1.54) is 0 Å². The zero-order valence-corrected chi connectivity index (χ0v) is 15.0. The Morgan fingerprint density at radius 3 is 2.58 bits per heavy atom. The third-order valence-corrected chi connectivity index (χ3v) is 4.50. The predicted molar refractivity (Wildman–Crippen MR) is 96.7 cm³/mol. The van der Waals surface area contributed by atoms with E-state index in [0.29, 0.717) is 35.2 Å². The number of nitrogens with zero attached hydrogens (tertiary/aromatic N) is 4. The highest BCUT2D eigenvalue weighted by Gasteiger charge is 2.14. The van der Waals surface area contributed by atoms with Crippen molar-refractivity contribution in [2.45, 2.75) is 26.4 Å². The quantitative estimate of drug-likeness (QED) is 0.704. The maximum Gasteiger partial charge on any atom is 0.101 e. The number of hydrogen-bond donors (Lipinski definition) is 0. The van der Waals surface area contributed by atoms with Gasteiger partial charge in [-0.1, -0.05) is 42.3 Å². The van der Waals surface area contributed by atoms with Crippen molar-refractivity contribution < 1.29 is 0 Å². The number of nitriles is 2. The van der Waals surface area contributed by atoms with Gasteiger partial charge in [-0.3, -0.25) is 4.90 Å². The number of hydrogen-bond acceptors (Lipinski definition) is 3. The lowest BCUT2D eigenvalue weighted by Gasteiger charge is -2.20. The van der Waals surface area contributed by atoms with Crippen LogP contribution in [-0.4, -0.2) is 22.6 Å². The van der Waals surface area contributed by atoms with Gasteiger partial charge >= 0.3 is 0 Å². The highest BCUT2D eigenvalue weighted by molar-refractivity contribution is 6.43. The zero-order chi connectivity index (χ0) is 17.5. The molecular weight excluding hydrogens is 343 g/mol. The van der Waals surface area contributed by atoms with Crippen molar-refractivity contribution in [3.63, 3.8) is 0 Å². The van der Waals surface area contributed by atoms with Crippen LogP contribution in [-0.2, 0) is 6.67 Å². The first-order valence-electron chi connectivity index (χ1n) is 7.74. The Balaban J connectivity index is 2.32. The first kappa shape index (κ1) is 18.4. The Hall–Kier alpha value is -1.98. The van der Waals surface area contributed by atoms with Crippen LogP contribution in [0.3, 0.4) is 0 Å². The maximum absolute atomic E-state index is 9.44. The number of aromatic nitrogens is 1. The average molecular weight is 361 g/mol. The van der Waals surface area contributed by atoms with E-state index in [9.17, 15) is 5.26 Å². The fraction of sp³-hybridized carbons (Fsp3) is 0.333. The van der Waals surface area contributed by atoms with E-state index in [4.69, 9.17) is 28.5 Å². The van der Waals surface area contributed by atoms with Gasteiger partial charge in [0.05, 0.1) is 28.3 Å². The fourth-order valence-electron chi connectivity index (χ4n) is 2.61. The molecule has 0 atom stereocenters. The van der Waals surface area contributed by atoms with E-state index < -0.39 is 0 Å². The van der Waals surface area contributed by atoms with Gasteiger partial charge in [-0.25, -0.2) is 0 Å². The van der Waals surface area contributed by atoms with Gasteiger partial charge in [-0.2, -0.15) is 10.5 Å². The van der Waals surface area contributed by atoms with Crippen LogP contribution < -0.4 is 0 Å². The SMILES string of the molecule is CCCN(CCC#N)Cn1cc(C#N)c(-c2cccc(Cl)c2Cl)c1. The second kappa shape index (κ2) is 8.76. The minimum atomic E-state index is 0.448. The van der Waals surface area contributed by atoms with Gasteiger partial charge < -0.3 is 4.57 Å². The summed E-state index contributed by atoms with van der Waals surface area (Å²) in [5.41, 5.74) is 2.07. The van der Waals surface area contributed by atoms with E-state index in [1.807, 2.05) is 29.1 Å². The van der Waals surface area contributed by atoms with Gasteiger partial charge in [0.2, 0.25) is 0 Å². The van der Waals surface area contributed by atoms with Crippen molar-refractivity contribution in [3.8, 4) is 23.3 Å². The van der Waals surface area contributed by atoms with Gasteiger partial charge in [0.15, 0.2) is 0 Å². The Morgan fingerprint density at radius 1 is 1.12 bits per heavy atom. The van der Waals surface area contributed by atoms with Gasteiger partial charge in [0.1, 0.15) is 6.07 Å². The van der Waals surface area contributed by atoms with Crippen molar-refractivity contribution in [2.75, 3.05) is 13.1 Å². The van der Waals surface area contributed by atoms with Gasteiger partial charge in [-0.05, 0) is 19.0 Å². The standard InChI is InChI=1S/C18H18Cl2N4/c1-2-8-23(9-4-7-21)13-24-11-14(10-22)16(12-24)15-5-3-6-17(19)18(15)20/h3,5-6,11-12H,2,4,8-9,13H2,1H3. The molecule has 0 N–H and O–H groups in total. The maximum atomic E-state index is 9.44. The lowest BCUT2D eigenvalue weighted by Crippen LogP contribution is -2.27. The van der Waals surface area contributed by atoms with Gasteiger partial charge in [0.25, 0.3) is 0 Å². The predicted octanol–water partition coefficient (Wildman–Crippen LogP) is 4.92. The Morgan fingerprint density at radius 2 is 1.92 bits per heavy atom. The van der Waals surface area contributed by atoms with E-state index in [0.717, 1.165) is 24.1 Å². The lowest BCUT2D eigenvalue weighted by molar-refractivity contribution is 0.223. The first-order valence-corrected chi connectivity index (χ1v) is 8.49. The van der Waals surface area contributed by atoms with Crippen LogP contribution in [0.2, 0.25) is 10.0 Å². The first-order chi connectivity index (χ1) is 11.6. The average Bonchev–Trinajstić information content (AvgIpc) is 2.98. The molecule has 0 amide bonds. The summed E-state index contributed by atoms with van der Waals surface area (Å²) in [5, 5.41) is 19.1. The number of benzene rings is 1. The van der Waals surface area contributed by atoms with Crippen LogP contribution in [0, 0.1) is 22.7 Å². The molecule has 0 unspecified atom stereocenters. The number of rotatable bonds is 7. The van der Waals surface area contributed by atoms with Crippen molar-refractivity contribution in [1.29, 1.82) is 10.5 Å². The Labute approximate surface area is 152 Å². The van der Waals surface area contributed by atoms with Gasteiger partial charge in [-0.15, -0.1) is 0 Å². The van der Waals surface area contributed by atoms with Crippen LogP contribution in [0.5, 0.6) is 0 Å². The summed E-state index contributed by atoms with van der Waals surface area (Å²) in [4.78, 5) is 2.19. The van der Waals surface area contributed by atoms with E-state index >= 15 is 0 Å². The molecule has 0 saturated carbocycles. The highest BCUT2D eigenvalue weighted by atomic mass is 35.5. The van der Waals surface area contributed by atoms with E-state index in [-0.39, 0.29) is 0 Å². The molecule has 0 spiro atoms. The molecule has 1 aromatic heterocycles. The molecule has 4 nitrogen and oxygen atoms in total. The zero-order valence-electron chi connectivity index (χ0n) is 13.5. The van der Waals surface area contributed by atoms with Crippen molar-refractivity contribution in [2.24, 2.45) is 0 Å². The smallest absolute Gasteiger partial charge is 0.101 e. The van der Waals surface area contributed by atoms with E-state index in [2.05, 4.69) is 24.0 Å². The summed E-state index contributed by atoms with van der Waals surface area (Å²) >= 11 is 12.4. The molecule has 1 aromatic carbocycles. The monoisotopic (exact) mass is 360 g/mol. The molecule has 0 bridgehead atoms. The normalized spacial score (nSPS) is 10.6. The van der Waals surface area contributed by atoms with Crippen LogP contribution in [0.25, 0.3) is 11.1 Å². The summed E-state index contributed by atoms with van der Waals surface area (Å²) < 4.78 is 1.96. The molecule has 6 heteroatoms. The van der Waals surface area contributed by atoms with Crippen LogP contribution >= 0.6 is 23.2 Å². The van der Waals surface area contributed by atoms with Crippen LogP contribution in [0.1, 0.15) is 25.3 Å². The minimum Gasteiger partial charge on any atom is -0.339 e. The topological polar surface area (TPSA) is 55.8 Å². The molecule has 24 heavy (non-hydrogen) atoms. The molecular formula is C18H18Cl2N4. The summed E-state index contributed by atoms with van der Waals surface area (Å²) in [7, 11) is 0. The lowest BCUT2D eigenvalue weighted by atomic mass is 10.1. The van der Waals surface area contributed by atoms with Crippen molar-refractivity contribution >= 4 is 23.2 Å². The second-order valence-corrected chi connectivity index (χ2v) is 6.27. The molecule has 0 aliphatic heterocycles. The van der Waals surface area contributed by atoms with Crippen LogP contribution in [0.4, 0.5) is 0 Å². The Kier molecular flexibility index (Phi) is 6.70. The molecule has 2 aromatic rings. The summed E-state index contributed by atoms with van der Waals surface area (Å²) in [6.45, 7) is 4.34. The molecule has 0 saturated heterocycles. The number of halogens is 2. The molecule has 0 fully saturated rings.